The lowest BCUT2D eigenvalue weighted by Gasteiger charge is -2.21. The number of rotatable bonds is 17. The van der Waals surface area contributed by atoms with Gasteiger partial charge in [0.25, 0.3) is 5.91 Å². The third kappa shape index (κ3) is 10.3. The van der Waals surface area contributed by atoms with Crippen LogP contribution < -0.4 is 5.32 Å². The van der Waals surface area contributed by atoms with E-state index < -0.39 is 17.5 Å². The molecular weight excluding hydrogens is 558 g/mol. The number of epoxide rings is 1. The van der Waals surface area contributed by atoms with E-state index in [1.807, 2.05) is 26.0 Å². The lowest BCUT2D eigenvalue weighted by Crippen LogP contribution is -2.41. The van der Waals surface area contributed by atoms with Gasteiger partial charge in [0.15, 0.2) is 5.84 Å². The van der Waals surface area contributed by atoms with Crippen molar-refractivity contribution in [1.82, 2.24) is 10.3 Å². The molecular formula is C35H49N3O6. The summed E-state index contributed by atoms with van der Waals surface area (Å²) in [7, 11) is 0. The van der Waals surface area contributed by atoms with Crippen molar-refractivity contribution >= 4 is 34.6 Å². The number of pyridine rings is 1. The van der Waals surface area contributed by atoms with Crippen molar-refractivity contribution in [3.05, 3.63) is 53.7 Å². The number of aliphatic carboxylic acids is 1. The summed E-state index contributed by atoms with van der Waals surface area (Å²) in [4.78, 5) is 43.1. The molecule has 240 valence electrons. The van der Waals surface area contributed by atoms with Crippen LogP contribution in [0.3, 0.4) is 0 Å². The zero-order valence-corrected chi connectivity index (χ0v) is 26.7. The van der Waals surface area contributed by atoms with E-state index in [1.54, 1.807) is 25.1 Å². The number of carboxylic acid groups (broad SMARTS) is 2. The molecule has 0 radical (unpaired) electrons. The fraction of sp³-hybridized carbons (Fsp3) is 0.571. The van der Waals surface area contributed by atoms with E-state index in [0.29, 0.717) is 24.1 Å². The van der Waals surface area contributed by atoms with Crippen molar-refractivity contribution in [2.24, 2.45) is 10.9 Å². The quantitative estimate of drug-likeness (QED) is 0.0972. The van der Waals surface area contributed by atoms with Gasteiger partial charge in [-0.25, -0.2) is 14.8 Å². The lowest BCUT2D eigenvalue weighted by atomic mass is 9.89. The molecule has 1 amide bonds. The van der Waals surface area contributed by atoms with Crippen LogP contribution in [0.2, 0.25) is 0 Å². The lowest BCUT2D eigenvalue weighted by molar-refractivity contribution is -0.137. The van der Waals surface area contributed by atoms with Crippen molar-refractivity contribution in [1.29, 1.82) is 0 Å². The predicted molar refractivity (Wildman–Crippen MR) is 173 cm³/mol. The third-order valence-electron chi connectivity index (χ3n) is 8.41. The molecule has 2 aliphatic heterocycles. The van der Waals surface area contributed by atoms with Crippen molar-refractivity contribution < 1.29 is 29.3 Å². The number of amides is 1. The summed E-state index contributed by atoms with van der Waals surface area (Å²) in [6.07, 6.45) is 18.7. The number of allylic oxidation sites excluding steroid dienone is 1. The van der Waals surface area contributed by atoms with E-state index in [4.69, 9.17) is 9.84 Å². The van der Waals surface area contributed by atoms with Crippen LogP contribution in [-0.2, 0) is 14.3 Å². The van der Waals surface area contributed by atoms with Crippen LogP contribution in [0.5, 0.6) is 0 Å². The van der Waals surface area contributed by atoms with E-state index in [0.717, 1.165) is 37.5 Å². The van der Waals surface area contributed by atoms with Crippen LogP contribution in [0.25, 0.3) is 10.9 Å². The first-order valence-corrected chi connectivity index (χ1v) is 16.1. The van der Waals surface area contributed by atoms with Gasteiger partial charge < -0.3 is 20.3 Å². The van der Waals surface area contributed by atoms with Crippen LogP contribution in [0.1, 0.15) is 121 Å². The normalized spacial score (nSPS) is 20.8. The second-order valence-electron chi connectivity index (χ2n) is 12.2. The Bertz CT molecular complexity index is 1340. The van der Waals surface area contributed by atoms with Crippen LogP contribution in [0, 0.1) is 5.92 Å². The van der Waals surface area contributed by atoms with E-state index in [2.05, 4.69) is 34.4 Å². The first kappa shape index (κ1) is 34.9. The molecule has 1 aromatic heterocycles. The van der Waals surface area contributed by atoms with E-state index >= 15 is 0 Å². The van der Waals surface area contributed by atoms with Gasteiger partial charge in [0, 0.05) is 11.8 Å². The number of aromatic nitrogens is 1. The van der Waals surface area contributed by atoms with Gasteiger partial charge in [-0.2, -0.15) is 0 Å². The monoisotopic (exact) mass is 607 g/mol. The summed E-state index contributed by atoms with van der Waals surface area (Å²) < 4.78 is 5.66. The molecule has 0 saturated carbocycles. The molecule has 1 saturated heterocycles. The number of aliphatic imine (C=N–C) groups is 1. The number of ether oxygens (including phenoxy) is 1. The summed E-state index contributed by atoms with van der Waals surface area (Å²) in [5.74, 6) is -1.82. The molecule has 44 heavy (non-hydrogen) atoms. The second-order valence-corrected chi connectivity index (χ2v) is 12.2. The van der Waals surface area contributed by atoms with Gasteiger partial charge in [-0.1, -0.05) is 89.6 Å². The maximum Gasteiger partial charge on any atom is 0.338 e. The molecule has 1 unspecified atom stereocenters. The number of unbranched alkanes of at least 4 members (excludes halogenated alkanes) is 7. The number of hydrogen-bond donors (Lipinski definition) is 3. The average molecular weight is 608 g/mol. The van der Waals surface area contributed by atoms with Gasteiger partial charge >= 0.3 is 11.9 Å². The third-order valence-corrected chi connectivity index (χ3v) is 8.41. The Morgan fingerprint density at radius 1 is 1.02 bits per heavy atom. The predicted octanol–water partition coefficient (Wildman–Crippen LogP) is 7.32. The molecule has 2 aromatic rings. The van der Waals surface area contributed by atoms with Gasteiger partial charge in [0.1, 0.15) is 11.2 Å². The summed E-state index contributed by atoms with van der Waals surface area (Å²) >= 11 is 0. The van der Waals surface area contributed by atoms with Gasteiger partial charge in [0.2, 0.25) is 0 Å². The first-order chi connectivity index (χ1) is 21.1. The Balaban J connectivity index is 0.000000242. The Morgan fingerprint density at radius 3 is 2.43 bits per heavy atom. The highest BCUT2D eigenvalue weighted by molar-refractivity contribution is 6.18. The number of benzene rings is 1. The summed E-state index contributed by atoms with van der Waals surface area (Å²) in [5.41, 5.74) is -0.0504. The Morgan fingerprint density at radius 2 is 1.75 bits per heavy atom. The van der Waals surface area contributed by atoms with Crippen LogP contribution in [0.15, 0.2) is 47.5 Å². The zero-order chi connectivity index (χ0) is 32.1. The number of aromatic carboxylic acids is 1. The largest absolute Gasteiger partial charge is 0.481 e. The van der Waals surface area contributed by atoms with Gasteiger partial charge in [-0.3, -0.25) is 9.59 Å². The number of carbonyl (C=O) groups is 3. The minimum Gasteiger partial charge on any atom is -0.481 e. The van der Waals surface area contributed by atoms with Gasteiger partial charge in [-0.15, -0.1) is 0 Å². The molecule has 4 rings (SSSR count). The molecule has 3 N–H and O–H groups in total. The van der Waals surface area contributed by atoms with Crippen molar-refractivity contribution in [2.45, 2.75) is 122 Å². The van der Waals surface area contributed by atoms with Crippen molar-refractivity contribution in [2.75, 3.05) is 0 Å². The standard InChI is InChI=1S/C18H32O3.C17H17N3O3/c1-2-3-10-13-16-17(21-16)14-11-8-6-4-5-7-9-12-15-18(19)20;1-9(2)17(3)16(23)19-14(20-17)13-11(15(21)22)8-10-6-4-5-7-12(10)18-13/h8,11,16-17H,2-7,9-10,12-15H2,1H3,(H,19,20);4-9H,1-3H3,(H,21,22)(H,19,20,23)/b11-8-;/t16-,17+;/m1./s1. The summed E-state index contributed by atoms with van der Waals surface area (Å²) in [6.45, 7) is 7.78. The minimum absolute atomic E-state index is 0.0197. The number of nitrogens with zero attached hydrogens (tertiary/aromatic N) is 2. The molecule has 0 spiro atoms. The second kappa shape index (κ2) is 17.0. The number of carboxylic acids is 2. The Hall–Kier alpha value is -3.59. The van der Waals surface area contributed by atoms with Crippen molar-refractivity contribution in [3.63, 3.8) is 0 Å². The highest BCUT2D eigenvalue weighted by atomic mass is 16.6. The summed E-state index contributed by atoms with van der Waals surface area (Å²) in [6, 6.07) is 8.79. The Labute approximate surface area is 261 Å². The van der Waals surface area contributed by atoms with E-state index in [-0.39, 0.29) is 28.9 Å². The molecule has 0 aliphatic carbocycles. The Kier molecular flexibility index (Phi) is 13.5. The first-order valence-electron chi connectivity index (χ1n) is 16.1. The maximum absolute atomic E-state index is 12.3. The van der Waals surface area contributed by atoms with E-state index in [1.165, 1.54) is 38.5 Å². The van der Waals surface area contributed by atoms with Crippen LogP contribution in [0.4, 0.5) is 0 Å². The van der Waals surface area contributed by atoms with E-state index in [9.17, 15) is 19.5 Å². The fourth-order valence-corrected chi connectivity index (χ4v) is 5.16. The highest BCUT2D eigenvalue weighted by Gasteiger charge is 2.43. The number of amidine groups is 1. The van der Waals surface area contributed by atoms with Crippen molar-refractivity contribution in [3.8, 4) is 0 Å². The molecule has 1 aromatic carbocycles. The highest BCUT2D eigenvalue weighted by Crippen LogP contribution is 2.30. The zero-order valence-electron chi connectivity index (χ0n) is 26.7. The molecule has 2 aliphatic rings. The smallest absolute Gasteiger partial charge is 0.338 e. The molecule has 1 fully saturated rings. The topological polar surface area (TPSA) is 141 Å². The van der Waals surface area contributed by atoms with Crippen LogP contribution >= 0.6 is 0 Å². The molecule has 3 heterocycles. The molecule has 0 bridgehead atoms. The molecule has 9 nitrogen and oxygen atoms in total. The maximum atomic E-state index is 12.3. The van der Waals surface area contributed by atoms with Gasteiger partial charge in [-0.05, 0) is 57.1 Å². The molecule has 3 atom stereocenters. The average Bonchev–Trinajstić information content (AvgIpc) is 3.66. The number of nitrogens with one attached hydrogen (secondary N) is 1. The van der Waals surface area contributed by atoms with Crippen LogP contribution in [-0.4, -0.2) is 56.6 Å². The fourth-order valence-electron chi connectivity index (χ4n) is 5.16. The molecule has 9 heteroatoms. The van der Waals surface area contributed by atoms with Gasteiger partial charge in [0.05, 0.1) is 23.3 Å². The minimum atomic E-state index is -1.10. The number of para-hydroxylation sites is 1. The summed E-state index contributed by atoms with van der Waals surface area (Å²) in [5, 5.41) is 21.4. The number of fused-ring (bicyclic) bond motifs is 1. The number of hydrogen-bond acceptors (Lipinski definition) is 6. The number of carbonyl (C=O) groups excluding carboxylic acids is 1. The SMILES string of the molecule is CC(C)C1(C)N=C(c2nc3ccccc3cc2C(=O)O)NC1=O.CCCCC[C@H]1O[C@H]1C/C=C\CCCCCCCC(=O)O.